The van der Waals surface area contributed by atoms with Crippen molar-refractivity contribution < 1.29 is 98.1 Å². The van der Waals surface area contributed by atoms with Crippen molar-refractivity contribution >= 4 is 0 Å². The van der Waals surface area contributed by atoms with E-state index in [1.54, 1.807) is 0 Å². The van der Waals surface area contributed by atoms with Gasteiger partial charge in [-0.3, -0.25) is 0 Å². The van der Waals surface area contributed by atoms with Gasteiger partial charge < -0.3 is 26.2 Å². The second kappa shape index (κ2) is 11.3. The van der Waals surface area contributed by atoms with E-state index in [-0.39, 0.29) is 104 Å². The fraction of sp³-hybridized carbons (Fsp3) is 0.500. The molecule has 3 radical (unpaired) electrons. The van der Waals surface area contributed by atoms with E-state index >= 15 is 0 Å². The molecule has 0 aromatic rings. The Morgan fingerprint density at radius 2 is 1.11 bits per heavy atom. The Kier molecular flexibility index (Phi) is 28.7. The third-order valence-electron chi connectivity index (χ3n) is 0.750. The van der Waals surface area contributed by atoms with E-state index < -0.39 is 0 Å². The molecular weight excluding hydrogens is 339 g/mol. The minimum Gasteiger partial charge on any atom is -0.434 e. The number of hydrogen-bond donors (Lipinski definition) is 0. The standard InChI is InChI=1S/C6H11.3Y/c1-5-6(2,3)4;;;/h2-5H2,1H3;;;/q-3;;;. The van der Waals surface area contributed by atoms with Gasteiger partial charge in [0.1, 0.15) is 0 Å². The van der Waals surface area contributed by atoms with Crippen molar-refractivity contribution in [1.82, 2.24) is 0 Å². The molecule has 0 aliphatic heterocycles. The average molecular weight is 350 g/mol. The fourth-order valence-electron chi connectivity index (χ4n) is 0. The van der Waals surface area contributed by atoms with Crippen LogP contribution in [-0.2, 0) is 98.1 Å². The smallest absolute Gasteiger partial charge is 0 e. The second-order valence-electron chi connectivity index (χ2n) is 1.85. The summed E-state index contributed by atoms with van der Waals surface area (Å²) in [5.41, 5.74) is -0.208. The predicted molar refractivity (Wildman–Crippen MR) is 28.8 cm³/mol. The van der Waals surface area contributed by atoms with Crippen LogP contribution >= 0.6 is 0 Å². The molecule has 3 heteroatoms. The van der Waals surface area contributed by atoms with Crippen LogP contribution in [0.2, 0.25) is 0 Å². The molecule has 0 saturated heterocycles. The van der Waals surface area contributed by atoms with E-state index in [2.05, 4.69) is 20.8 Å². The van der Waals surface area contributed by atoms with E-state index in [9.17, 15) is 0 Å². The SMILES string of the molecule is [CH2-]C([CH2-])([CH2-])CC.[Y].[Y].[Y]. The van der Waals surface area contributed by atoms with Gasteiger partial charge in [-0.15, -0.1) is 6.42 Å². The minimum absolute atomic E-state index is 0. The zero-order valence-corrected chi connectivity index (χ0v) is 14.6. The van der Waals surface area contributed by atoms with Crippen molar-refractivity contribution in [3.8, 4) is 0 Å². The topological polar surface area (TPSA) is 0 Å². The summed E-state index contributed by atoms with van der Waals surface area (Å²) in [5, 5.41) is 0. The molecule has 0 fully saturated rings. The van der Waals surface area contributed by atoms with Crippen molar-refractivity contribution in [1.29, 1.82) is 0 Å². The molecule has 0 bridgehead atoms. The Hall–Kier alpha value is 3.31. The monoisotopic (exact) mass is 350 g/mol. The summed E-state index contributed by atoms with van der Waals surface area (Å²) < 4.78 is 0. The minimum atomic E-state index is -0.208. The van der Waals surface area contributed by atoms with Gasteiger partial charge in [0.05, 0.1) is 0 Å². The fourth-order valence-corrected chi connectivity index (χ4v) is 0. The maximum Gasteiger partial charge on any atom is 0 e. The van der Waals surface area contributed by atoms with Crippen LogP contribution < -0.4 is 0 Å². The van der Waals surface area contributed by atoms with Gasteiger partial charge in [-0.2, -0.15) is 0 Å². The Morgan fingerprint density at radius 1 is 1.00 bits per heavy atom. The van der Waals surface area contributed by atoms with Gasteiger partial charge in [0, 0.05) is 98.1 Å². The quantitative estimate of drug-likeness (QED) is 0.634. The van der Waals surface area contributed by atoms with Crippen LogP contribution in [0.5, 0.6) is 0 Å². The Labute approximate surface area is 135 Å². The van der Waals surface area contributed by atoms with Crippen LogP contribution in [0.25, 0.3) is 0 Å². The molecule has 0 amide bonds. The molecule has 9 heavy (non-hydrogen) atoms. The Bertz CT molecular complexity index is 38.1. The summed E-state index contributed by atoms with van der Waals surface area (Å²) in [6.07, 6.45) is 0.938. The molecule has 0 atom stereocenters. The zero-order valence-electron chi connectivity index (χ0n) is 6.06. The second-order valence-corrected chi connectivity index (χ2v) is 1.85. The molecule has 0 heterocycles. The average Bonchev–Trinajstić information content (AvgIpc) is 1.35. The third-order valence-corrected chi connectivity index (χ3v) is 0.750. The summed E-state index contributed by atoms with van der Waals surface area (Å²) in [7, 11) is 0. The van der Waals surface area contributed by atoms with Crippen molar-refractivity contribution in [2.75, 3.05) is 0 Å². The van der Waals surface area contributed by atoms with Crippen molar-refractivity contribution in [3.05, 3.63) is 20.8 Å². The summed E-state index contributed by atoms with van der Waals surface area (Å²) >= 11 is 0. The normalized spacial score (nSPS) is 8.00. The van der Waals surface area contributed by atoms with Crippen LogP contribution in [0.1, 0.15) is 13.3 Å². The van der Waals surface area contributed by atoms with Crippen molar-refractivity contribution in [2.24, 2.45) is 5.41 Å². The molecule has 0 N–H and O–H groups in total. The molecule has 47 valence electrons. The van der Waals surface area contributed by atoms with Crippen molar-refractivity contribution in [2.45, 2.75) is 13.3 Å². The number of rotatable bonds is 1. The Balaban J connectivity index is -0.0000000417. The van der Waals surface area contributed by atoms with Crippen LogP contribution in [0, 0.1) is 26.2 Å². The third kappa shape index (κ3) is 24.6. The van der Waals surface area contributed by atoms with Gasteiger partial charge >= 0.3 is 0 Å². The van der Waals surface area contributed by atoms with Crippen molar-refractivity contribution in [3.63, 3.8) is 0 Å². The van der Waals surface area contributed by atoms with Gasteiger partial charge in [0.15, 0.2) is 0 Å². The van der Waals surface area contributed by atoms with Gasteiger partial charge in [-0.05, 0) is 0 Å². The zero-order chi connectivity index (χ0) is 5.21. The first kappa shape index (κ1) is 22.8. The summed E-state index contributed by atoms with van der Waals surface area (Å²) in [5.74, 6) is 0. The molecule has 0 aromatic carbocycles. The largest absolute Gasteiger partial charge is 0.434 e. The predicted octanol–water partition coefficient (Wildman–Crippen LogP) is 1.88. The molecule has 0 aliphatic carbocycles. The number of hydrogen-bond acceptors (Lipinski definition) is 0. The Morgan fingerprint density at radius 3 is 1.11 bits per heavy atom. The first-order valence-electron chi connectivity index (χ1n) is 2.12. The van der Waals surface area contributed by atoms with Crippen LogP contribution in [0.3, 0.4) is 0 Å². The summed E-state index contributed by atoms with van der Waals surface area (Å²) in [6, 6.07) is 0. The molecule has 0 unspecified atom stereocenters. The van der Waals surface area contributed by atoms with E-state index in [0.29, 0.717) is 0 Å². The molecule has 0 rings (SSSR count). The first-order valence-corrected chi connectivity index (χ1v) is 2.12. The van der Waals surface area contributed by atoms with Crippen LogP contribution in [0.15, 0.2) is 0 Å². The van der Waals surface area contributed by atoms with Gasteiger partial charge in [-0.25, -0.2) is 0 Å². The van der Waals surface area contributed by atoms with E-state index in [1.165, 1.54) is 0 Å². The molecule has 0 saturated carbocycles. The maximum absolute atomic E-state index is 3.67. The van der Waals surface area contributed by atoms with Crippen LogP contribution in [-0.4, -0.2) is 0 Å². The summed E-state index contributed by atoms with van der Waals surface area (Å²) in [4.78, 5) is 0. The molecule has 0 aromatic heterocycles. The van der Waals surface area contributed by atoms with E-state index in [0.717, 1.165) is 6.42 Å². The van der Waals surface area contributed by atoms with Gasteiger partial charge in [0.25, 0.3) is 0 Å². The molecular formula is C6H11Y3-3. The van der Waals surface area contributed by atoms with E-state index in [1.807, 2.05) is 6.92 Å². The summed E-state index contributed by atoms with van der Waals surface area (Å²) in [6.45, 7) is 13.0. The molecule has 0 aliphatic rings. The molecule has 0 spiro atoms. The van der Waals surface area contributed by atoms with Crippen LogP contribution in [0.4, 0.5) is 0 Å². The first-order chi connectivity index (χ1) is 2.56. The molecule has 0 nitrogen and oxygen atoms in total. The maximum atomic E-state index is 3.67. The van der Waals surface area contributed by atoms with Gasteiger partial charge in [0.2, 0.25) is 0 Å². The van der Waals surface area contributed by atoms with E-state index in [4.69, 9.17) is 0 Å². The van der Waals surface area contributed by atoms with Gasteiger partial charge in [-0.1, -0.05) is 6.92 Å².